The van der Waals surface area contributed by atoms with Gasteiger partial charge in [-0.1, -0.05) is 0 Å². The SMILES string of the molecule is N=CCc1ncc(C2CCOCC2)cc1Oc1ccc(NC(=O)c2cccn(-c3ccc(F)cc3)c2=O)cc1F. The number of amides is 1. The fraction of sp³-hybridized carbons (Fsp3) is 0.200. The fourth-order valence-corrected chi connectivity index (χ4v) is 4.53. The molecule has 2 N–H and O–H groups in total. The number of hydrogen-bond acceptors (Lipinski definition) is 6. The normalized spacial score (nSPS) is 13.6. The summed E-state index contributed by atoms with van der Waals surface area (Å²) in [6.07, 6.45) is 6.37. The van der Waals surface area contributed by atoms with Crippen LogP contribution in [0.25, 0.3) is 5.69 Å². The first-order chi connectivity index (χ1) is 19.4. The van der Waals surface area contributed by atoms with Crippen molar-refractivity contribution in [2.45, 2.75) is 25.2 Å². The largest absolute Gasteiger partial charge is 0.452 e. The van der Waals surface area contributed by atoms with E-state index in [1.54, 1.807) is 6.20 Å². The lowest BCUT2D eigenvalue weighted by Gasteiger charge is -2.23. The van der Waals surface area contributed by atoms with Gasteiger partial charge in [-0.3, -0.25) is 19.1 Å². The van der Waals surface area contributed by atoms with E-state index in [0.717, 1.165) is 24.5 Å². The zero-order valence-electron chi connectivity index (χ0n) is 21.4. The van der Waals surface area contributed by atoms with Crippen molar-refractivity contribution >= 4 is 17.8 Å². The number of pyridine rings is 2. The van der Waals surface area contributed by atoms with E-state index in [9.17, 15) is 14.0 Å². The lowest BCUT2D eigenvalue weighted by Crippen LogP contribution is -2.27. The highest BCUT2D eigenvalue weighted by molar-refractivity contribution is 6.04. The molecule has 0 aliphatic carbocycles. The molecule has 0 saturated carbocycles. The number of carbonyl (C=O) groups is 1. The first-order valence-electron chi connectivity index (χ1n) is 12.7. The molecular weight excluding hydrogens is 518 g/mol. The third-order valence-corrected chi connectivity index (χ3v) is 6.65. The van der Waals surface area contributed by atoms with E-state index in [4.69, 9.17) is 14.9 Å². The minimum atomic E-state index is -0.730. The second kappa shape index (κ2) is 12.0. The van der Waals surface area contributed by atoms with E-state index in [0.29, 0.717) is 30.3 Å². The molecule has 5 rings (SSSR count). The summed E-state index contributed by atoms with van der Waals surface area (Å²) in [6, 6.07) is 13.9. The Balaban J connectivity index is 1.35. The molecule has 0 atom stereocenters. The molecule has 1 aliphatic rings. The van der Waals surface area contributed by atoms with E-state index < -0.39 is 23.1 Å². The molecule has 0 unspecified atom stereocenters. The van der Waals surface area contributed by atoms with Crippen molar-refractivity contribution in [2.75, 3.05) is 18.5 Å². The number of anilines is 1. The molecule has 4 aromatic rings. The second-order valence-corrected chi connectivity index (χ2v) is 9.28. The number of rotatable bonds is 8. The van der Waals surface area contributed by atoms with E-state index in [-0.39, 0.29) is 29.3 Å². The third kappa shape index (κ3) is 5.97. The molecule has 2 aromatic carbocycles. The molecule has 0 radical (unpaired) electrons. The summed E-state index contributed by atoms with van der Waals surface area (Å²) in [5.74, 6) is -1.37. The van der Waals surface area contributed by atoms with Gasteiger partial charge < -0.3 is 20.2 Å². The van der Waals surface area contributed by atoms with Gasteiger partial charge in [0.15, 0.2) is 11.6 Å². The van der Waals surface area contributed by atoms with Crippen LogP contribution in [0.3, 0.4) is 0 Å². The van der Waals surface area contributed by atoms with Gasteiger partial charge in [0.2, 0.25) is 0 Å². The summed E-state index contributed by atoms with van der Waals surface area (Å²) in [6.45, 7) is 1.32. The van der Waals surface area contributed by atoms with E-state index in [1.165, 1.54) is 65.5 Å². The number of aromatic nitrogens is 2. The summed E-state index contributed by atoms with van der Waals surface area (Å²) >= 11 is 0. The van der Waals surface area contributed by atoms with Crippen molar-refractivity contribution in [1.29, 1.82) is 5.41 Å². The molecule has 1 amide bonds. The van der Waals surface area contributed by atoms with Gasteiger partial charge in [0.05, 0.1) is 5.69 Å². The Labute approximate surface area is 228 Å². The molecule has 10 heteroatoms. The van der Waals surface area contributed by atoms with Crippen LogP contribution < -0.4 is 15.6 Å². The van der Waals surface area contributed by atoms with Crippen LogP contribution in [0.5, 0.6) is 11.5 Å². The Morgan fingerprint density at radius 3 is 2.60 bits per heavy atom. The van der Waals surface area contributed by atoms with Crippen LogP contribution in [0.2, 0.25) is 0 Å². The van der Waals surface area contributed by atoms with Crippen molar-refractivity contribution in [2.24, 2.45) is 0 Å². The van der Waals surface area contributed by atoms with E-state index >= 15 is 4.39 Å². The molecule has 1 aliphatic heterocycles. The van der Waals surface area contributed by atoms with Crippen molar-refractivity contribution < 1.29 is 23.0 Å². The minimum absolute atomic E-state index is 0.0754. The zero-order chi connectivity index (χ0) is 28.1. The first kappa shape index (κ1) is 26.9. The van der Waals surface area contributed by atoms with Gasteiger partial charge in [-0.05, 0) is 78.9 Å². The van der Waals surface area contributed by atoms with E-state index in [2.05, 4.69) is 10.3 Å². The summed E-state index contributed by atoms with van der Waals surface area (Å²) in [7, 11) is 0. The molecule has 1 fully saturated rings. The van der Waals surface area contributed by atoms with Crippen LogP contribution >= 0.6 is 0 Å². The highest BCUT2D eigenvalue weighted by atomic mass is 19.1. The number of nitrogens with zero attached hydrogens (tertiary/aromatic N) is 2. The first-order valence-corrected chi connectivity index (χ1v) is 12.7. The smallest absolute Gasteiger partial charge is 0.267 e. The standard InChI is InChI=1S/C30H26F2N4O4/c31-21-3-6-23(7-4-21)36-13-1-2-24(30(36)38)29(37)35-22-5-8-27(25(32)17-22)40-28-16-20(18-34-26(28)9-12-33)19-10-14-39-15-11-19/h1-8,12-13,16-19,33H,9-11,14-15H2,(H,35,37). The minimum Gasteiger partial charge on any atom is -0.452 e. The van der Waals surface area contributed by atoms with Gasteiger partial charge in [0.25, 0.3) is 11.5 Å². The molecule has 1 saturated heterocycles. The Morgan fingerprint density at radius 2 is 1.88 bits per heavy atom. The average Bonchev–Trinajstić information content (AvgIpc) is 2.96. The topological polar surface area (TPSA) is 106 Å². The number of hydrogen-bond donors (Lipinski definition) is 2. The van der Waals surface area contributed by atoms with Crippen LogP contribution in [0.1, 0.15) is 40.4 Å². The highest BCUT2D eigenvalue weighted by Crippen LogP contribution is 2.33. The monoisotopic (exact) mass is 544 g/mol. The van der Waals surface area contributed by atoms with Crippen LogP contribution in [0.4, 0.5) is 14.5 Å². The van der Waals surface area contributed by atoms with Gasteiger partial charge in [0.1, 0.15) is 17.1 Å². The summed E-state index contributed by atoms with van der Waals surface area (Å²) in [4.78, 5) is 30.3. The average molecular weight is 545 g/mol. The summed E-state index contributed by atoms with van der Waals surface area (Å²) in [5, 5.41) is 10.0. The molecule has 0 bridgehead atoms. The Hall–Kier alpha value is -4.70. The third-order valence-electron chi connectivity index (χ3n) is 6.65. The number of carbonyl (C=O) groups excluding carboxylic acids is 1. The number of ether oxygens (including phenoxy) is 2. The lowest BCUT2D eigenvalue weighted by molar-refractivity contribution is 0.0852. The van der Waals surface area contributed by atoms with Gasteiger partial charge >= 0.3 is 0 Å². The second-order valence-electron chi connectivity index (χ2n) is 9.28. The predicted octanol–water partition coefficient (Wildman–Crippen LogP) is 5.64. The molecule has 3 heterocycles. The molecule has 8 nitrogen and oxygen atoms in total. The van der Waals surface area contributed by atoms with Crippen LogP contribution in [0.15, 0.2) is 77.9 Å². The summed E-state index contributed by atoms with van der Waals surface area (Å²) in [5.41, 5.74) is 1.21. The number of halogens is 2. The van der Waals surface area contributed by atoms with Crippen LogP contribution in [-0.2, 0) is 11.2 Å². The Kier molecular flexibility index (Phi) is 8.07. The number of benzene rings is 2. The van der Waals surface area contributed by atoms with Crippen molar-refractivity contribution in [1.82, 2.24) is 9.55 Å². The fourth-order valence-electron chi connectivity index (χ4n) is 4.53. The Bertz CT molecular complexity index is 1600. The number of nitrogens with one attached hydrogen (secondary N) is 2. The molecule has 2 aromatic heterocycles. The maximum Gasteiger partial charge on any atom is 0.267 e. The molecular formula is C30H26F2N4O4. The van der Waals surface area contributed by atoms with Gasteiger partial charge in [0, 0.05) is 55.7 Å². The lowest BCUT2D eigenvalue weighted by atomic mass is 9.92. The van der Waals surface area contributed by atoms with Crippen molar-refractivity contribution in [3.05, 3.63) is 112 Å². The van der Waals surface area contributed by atoms with Gasteiger partial charge in [-0.25, -0.2) is 8.78 Å². The maximum absolute atomic E-state index is 15.1. The van der Waals surface area contributed by atoms with Crippen LogP contribution in [0, 0.1) is 17.0 Å². The Morgan fingerprint density at radius 1 is 1.10 bits per heavy atom. The van der Waals surface area contributed by atoms with Crippen LogP contribution in [-0.4, -0.2) is 34.9 Å². The zero-order valence-corrected chi connectivity index (χ0v) is 21.4. The quantitative estimate of drug-likeness (QED) is 0.279. The molecule has 0 spiro atoms. The highest BCUT2D eigenvalue weighted by Gasteiger charge is 2.20. The maximum atomic E-state index is 15.1. The predicted molar refractivity (Wildman–Crippen MR) is 146 cm³/mol. The van der Waals surface area contributed by atoms with Gasteiger partial charge in [-0.15, -0.1) is 0 Å². The van der Waals surface area contributed by atoms with Crippen molar-refractivity contribution in [3.8, 4) is 17.2 Å². The summed E-state index contributed by atoms with van der Waals surface area (Å²) < 4.78 is 40.9. The molecule has 40 heavy (non-hydrogen) atoms. The van der Waals surface area contributed by atoms with E-state index in [1.807, 2.05) is 6.07 Å². The van der Waals surface area contributed by atoms with Gasteiger partial charge in [-0.2, -0.15) is 0 Å². The molecule has 204 valence electrons. The van der Waals surface area contributed by atoms with Crippen molar-refractivity contribution in [3.63, 3.8) is 0 Å².